The van der Waals surface area contributed by atoms with Gasteiger partial charge in [-0.2, -0.15) is 0 Å². The van der Waals surface area contributed by atoms with E-state index in [4.69, 9.17) is 4.74 Å². The van der Waals surface area contributed by atoms with E-state index in [1.54, 1.807) is 44.3 Å². The minimum Gasteiger partial charge on any atom is -0.494 e. The van der Waals surface area contributed by atoms with E-state index in [9.17, 15) is 23.4 Å². The summed E-state index contributed by atoms with van der Waals surface area (Å²) in [5.41, 5.74) is -0.753. The van der Waals surface area contributed by atoms with Gasteiger partial charge in [-0.25, -0.2) is 0 Å². The summed E-state index contributed by atoms with van der Waals surface area (Å²) in [7, 11) is 0. The quantitative estimate of drug-likeness (QED) is 0.679. The summed E-state index contributed by atoms with van der Waals surface area (Å²) in [6.45, 7) is 3.35. The van der Waals surface area contributed by atoms with Crippen molar-refractivity contribution in [2.24, 2.45) is 0 Å². The number of aliphatic hydroxyl groups excluding tert-OH is 1. The van der Waals surface area contributed by atoms with Crippen LogP contribution in [0, 0.1) is 0 Å². The van der Waals surface area contributed by atoms with Crippen LogP contribution < -0.4 is 9.47 Å². The number of fused-ring (bicyclic) bond motifs is 2. The molecular formula is C20H18F3NO4. The fraction of sp³-hybridized carbons (Fsp3) is 0.300. The van der Waals surface area contributed by atoms with Crippen molar-refractivity contribution < 1.29 is 32.9 Å². The number of ether oxygens (including phenoxy) is 2. The number of nitrogens with zero attached hydrogens (tertiary/aromatic N) is 1. The maximum atomic E-state index is 12.6. The lowest BCUT2D eigenvalue weighted by atomic mass is 9.86. The molecule has 2 atom stereocenters. The fourth-order valence-electron chi connectivity index (χ4n) is 3.62. The molecule has 2 heterocycles. The third kappa shape index (κ3) is 3.03. The number of alkyl halides is 3. The van der Waals surface area contributed by atoms with Crippen LogP contribution in [0.15, 0.2) is 48.7 Å². The van der Waals surface area contributed by atoms with E-state index in [1.807, 2.05) is 0 Å². The van der Waals surface area contributed by atoms with Gasteiger partial charge < -0.3 is 24.3 Å². The Balaban J connectivity index is 1.90. The summed E-state index contributed by atoms with van der Waals surface area (Å²) in [6.07, 6.45) is -4.34. The SMILES string of the molecule is CC1(C)Oc2ccc(OC(F)(F)F)cc2[C@@H](n2cc3ccccc3c2O)[C@@H]1O. The molecule has 0 aliphatic carbocycles. The van der Waals surface area contributed by atoms with Crippen molar-refractivity contribution in [2.45, 2.75) is 38.0 Å². The molecule has 1 aliphatic rings. The van der Waals surface area contributed by atoms with Gasteiger partial charge in [-0.05, 0) is 38.1 Å². The first-order valence-corrected chi connectivity index (χ1v) is 8.62. The normalized spacial score (nSPS) is 21.2. The zero-order valence-electron chi connectivity index (χ0n) is 15.1. The Kier molecular flexibility index (Phi) is 4.01. The Bertz CT molecular complexity index is 1040. The highest BCUT2D eigenvalue weighted by atomic mass is 19.4. The lowest BCUT2D eigenvalue weighted by molar-refractivity contribution is -0.274. The number of benzene rings is 2. The van der Waals surface area contributed by atoms with Crippen LogP contribution in [0.5, 0.6) is 17.4 Å². The van der Waals surface area contributed by atoms with Gasteiger partial charge in [-0.3, -0.25) is 0 Å². The number of hydrogen-bond donors (Lipinski definition) is 2. The smallest absolute Gasteiger partial charge is 0.494 e. The summed E-state index contributed by atoms with van der Waals surface area (Å²) in [5, 5.41) is 23.0. The molecule has 8 heteroatoms. The van der Waals surface area contributed by atoms with Crippen LogP contribution in [0.3, 0.4) is 0 Å². The Morgan fingerprint density at radius 2 is 1.86 bits per heavy atom. The van der Waals surface area contributed by atoms with E-state index in [0.717, 1.165) is 11.5 Å². The van der Waals surface area contributed by atoms with Crippen LogP contribution >= 0.6 is 0 Å². The van der Waals surface area contributed by atoms with Gasteiger partial charge in [0.2, 0.25) is 0 Å². The van der Waals surface area contributed by atoms with E-state index in [1.165, 1.54) is 16.7 Å². The first-order chi connectivity index (χ1) is 13.1. The van der Waals surface area contributed by atoms with Crippen molar-refractivity contribution in [1.82, 2.24) is 4.57 Å². The molecule has 0 bridgehead atoms. The Labute approximate surface area is 158 Å². The molecule has 0 unspecified atom stereocenters. The summed E-state index contributed by atoms with van der Waals surface area (Å²) in [4.78, 5) is 0. The molecule has 0 spiro atoms. The predicted molar refractivity (Wildman–Crippen MR) is 95.6 cm³/mol. The second-order valence-corrected chi connectivity index (χ2v) is 7.29. The Morgan fingerprint density at radius 3 is 2.54 bits per heavy atom. The van der Waals surface area contributed by atoms with Crippen LogP contribution in [0.4, 0.5) is 13.2 Å². The number of halogens is 3. The maximum Gasteiger partial charge on any atom is 0.573 e. The first kappa shape index (κ1) is 18.5. The van der Waals surface area contributed by atoms with Crippen LogP contribution in [0.25, 0.3) is 10.8 Å². The molecule has 0 amide bonds. The van der Waals surface area contributed by atoms with Crippen molar-refractivity contribution in [3.63, 3.8) is 0 Å². The largest absolute Gasteiger partial charge is 0.573 e. The second-order valence-electron chi connectivity index (χ2n) is 7.29. The lowest BCUT2D eigenvalue weighted by Gasteiger charge is -2.42. The van der Waals surface area contributed by atoms with Gasteiger partial charge in [-0.15, -0.1) is 13.2 Å². The molecule has 0 saturated carbocycles. The van der Waals surface area contributed by atoms with Crippen molar-refractivity contribution >= 4 is 10.8 Å². The molecule has 3 aromatic rings. The van der Waals surface area contributed by atoms with E-state index in [2.05, 4.69) is 4.74 Å². The number of rotatable bonds is 2. The van der Waals surface area contributed by atoms with E-state index >= 15 is 0 Å². The van der Waals surface area contributed by atoms with Gasteiger partial charge in [0.1, 0.15) is 23.2 Å². The van der Waals surface area contributed by atoms with Crippen molar-refractivity contribution in [2.75, 3.05) is 0 Å². The third-order valence-electron chi connectivity index (χ3n) is 4.94. The Hall–Kier alpha value is -2.87. The molecule has 4 rings (SSSR count). The second kappa shape index (κ2) is 6.07. The molecule has 1 aliphatic heterocycles. The molecule has 148 valence electrons. The molecule has 0 radical (unpaired) electrons. The number of aliphatic hydroxyl groups is 1. The minimum absolute atomic E-state index is 0.0922. The highest BCUT2D eigenvalue weighted by Crippen LogP contribution is 2.46. The van der Waals surface area contributed by atoms with Gasteiger partial charge in [0.05, 0.1) is 6.04 Å². The molecule has 2 N–H and O–H groups in total. The van der Waals surface area contributed by atoms with Gasteiger partial charge >= 0.3 is 6.36 Å². The fourth-order valence-corrected chi connectivity index (χ4v) is 3.62. The van der Waals surface area contributed by atoms with E-state index in [0.29, 0.717) is 11.1 Å². The van der Waals surface area contributed by atoms with Crippen molar-refractivity contribution in [3.05, 3.63) is 54.2 Å². The van der Waals surface area contributed by atoms with Crippen molar-refractivity contribution in [3.8, 4) is 17.4 Å². The molecule has 0 saturated heterocycles. The topological polar surface area (TPSA) is 63.9 Å². The standard InChI is InChI=1S/C20H18F3NO4/c1-19(2)17(25)16(24-10-11-5-3-4-6-13(11)18(24)26)14-9-12(27-20(21,22)23)7-8-15(14)28-19/h3-10,16-17,25-26H,1-2H3/t16-,17+/m1/s1. The minimum atomic E-state index is -4.85. The maximum absolute atomic E-state index is 12.6. The lowest BCUT2D eigenvalue weighted by Crippen LogP contribution is -2.50. The first-order valence-electron chi connectivity index (χ1n) is 8.62. The van der Waals surface area contributed by atoms with Gasteiger partial charge in [0.15, 0.2) is 5.88 Å². The summed E-state index contributed by atoms with van der Waals surface area (Å²) >= 11 is 0. The van der Waals surface area contributed by atoms with E-state index in [-0.39, 0.29) is 11.4 Å². The van der Waals surface area contributed by atoms with E-state index < -0.39 is 29.9 Å². The highest BCUT2D eigenvalue weighted by Gasteiger charge is 2.45. The molecule has 0 fully saturated rings. The van der Waals surface area contributed by atoms with Gasteiger partial charge in [0.25, 0.3) is 0 Å². The molecule has 1 aromatic heterocycles. The number of hydrogen-bond acceptors (Lipinski definition) is 4. The van der Waals surface area contributed by atoms with Crippen molar-refractivity contribution in [1.29, 1.82) is 0 Å². The highest BCUT2D eigenvalue weighted by molar-refractivity contribution is 5.88. The predicted octanol–water partition coefficient (Wildman–Crippen LogP) is 4.37. The summed E-state index contributed by atoms with van der Waals surface area (Å²) in [6, 6.07) is 9.92. The molecule has 2 aromatic carbocycles. The monoisotopic (exact) mass is 393 g/mol. The van der Waals surface area contributed by atoms with Crippen LogP contribution in [0.2, 0.25) is 0 Å². The van der Waals surface area contributed by atoms with Gasteiger partial charge in [0, 0.05) is 22.5 Å². The van der Waals surface area contributed by atoms with Crippen LogP contribution in [-0.4, -0.2) is 32.8 Å². The number of aromatic nitrogens is 1. The average Bonchev–Trinajstić information content (AvgIpc) is 2.92. The third-order valence-corrected chi connectivity index (χ3v) is 4.94. The van der Waals surface area contributed by atoms with Crippen LogP contribution in [-0.2, 0) is 0 Å². The zero-order valence-corrected chi connectivity index (χ0v) is 15.1. The molecular weight excluding hydrogens is 375 g/mol. The molecule has 5 nitrogen and oxygen atoms in total. The summed E-state index contributed by atoms with van der Waals surface area (Å²) < 4.78 is 49.2. The number of aromatic hydroxyl groups is 1. The summed E-state index contributed by atoms with van der Waals surface area (Å²) in [5.74, 6) is -0.208. The van der Waals surface area contributed by atoms with Crippen LogP contribution in [0.1, 0.15) is 25.5 Å². The molecule has 28 heavy (non-hydrogen) atoms. The van der Waals surface area contributed by atoms with Gasteiger partial charge in [-0.1, -0.05) is 18.2 Å². The Morgan fingerprint density at radius 1 is 1.14 bits per heavy atom. The zero-order chi connectivity index (χ0) is 20.3. The average molecular weight is 393 g/mol.